The molecule has 1 aliphatic rings. The van der Waals surface area contributed by atoms with E-state index in [9.17, 15) is 0 Å². The van der Waals surface area contributed by atoms with Gasteiger partial charge < -0.3 is 20.1 Å². The quantitative estimate of drug-likeness (QED) is 0.846. The number of benzene rings is 1. The molecule has 0 aliphatic carbocycles. The van der Waals surface area contributed by atoms with Crippen LogP contribution < -0.4 is 15.2 Å². The maximum atomic E-state index is 6.20. The summed E-state index contributed by atoms with van der Waals surface area (Å²) < 4.78 is 10.6. The van der Waals surface area contributed by atoms with Crippen LogP contribution in [0.1, 0.15) is 25.5 Å². The zero-order chi connectivity index (χ0) is 12.3. The Balaban J connectivity index is 2.06. The fourth-order valence-electron chi connectivity index (χ4n) is 2.01. The van der Waals surface area contributed by atoms with Crippen LogP contribution in [0.2, 0.25) is 0 Å². The summed E-state index contributed by atoms with van der Waals surface area (Å²) in [6.07, 6.45) is 0. The summed E-state index contributed by atoms with van der Waals surface area (Å²) >= 11 is 0. The van der Waals surface area contributed by atoms with Gasteiger partial charge in [0.15, 0.2) is 11.5 Å². The van der Waals surface area contributed by atoms with Crippen LogP contribution in [0.5, 0.6) is 11.5 Å². The second-order valence-corrected chi connectivity index (χ2v) is 4.21. The van der Waals surface area contributed by atoms with Crippen LogP contribution in [-0.4, -0.2) is 31.3 Å². The lowest BCUT2D eigenvalue weighted by molar-refractivity contribution is 0.174. The second-order valence-electron chi connectivity index (χ2n) is 4.21. The Hall–Kier alpha value is -1.26. The molecule has 0 bridgehead atoms. The number of rotatable bonds is 5. The van der Waals surface area contributed by atoms with E-state index in [4.69, 9.17) is 15.2 Å². The number of fused-ring (bicyclic) bond motifs is 1. The molecule has 0 amide bonds. The molecule has 0 fully saturated rings. The summed E-state index contributed by atoms with van der Waals surface area (Å²) in [6, 6.07) is 5.95. The van der Waals surface area contributed by atoms with Gasteiger partial charge in [-0.2, -0.15) is 0 Å². The van der Waals surface area contributed by atoms with Crippen LogP contribution in [0.15, 0.2) is 18.2 Å². The zero-order valence-corrected chi connectivity index (χ0v) is 10.5. The maximum Gasteiger partial charge on any atom is 0.231 e. The van der Waals surface area contributed by atoms with Crippen molar-refractivity contribution in [2.75, 3.05) is 26.4 Å². The summed E-state index contributed by atoms with van der Waals surface area (Å²) in [6.45, 7) is 7.52. The van der Waals surface area contributed by atoms with Crippen molar-refractivity contribution < 1.29 is 9.47 Å². The summed E-state index contributed by atoms with van der Waals surface area (Å²) in [5.74, 6) is 1.61. The van der Waals surface area contributed by atoms with Gasteiger partial charge in [0.25, 0.3) is 0 Å². The summed E-state index contributed by atoms with van der Waals surface area (Å²) in [5, 5.41) is 0. The van der Waals surface area contributed by atoms with Gasteiger partial charge >= 0.3 is 0 Å². The summed E-state index contributed by atoms with van der Waals surface area (Å²) in [7, 11) is 0. The standard InChI is InChI=1S/C13H20N2O2/c1-3-15(4-2)8-11(14)10-5-6-12-13(7-10)17-9-16-12/h5-7,11H,3-4,8-9,14H2,1-2H3. The Morgan fingerprint density at radius 1 is 1.24 bits per heavy atom. The molecule has 4 nitrogen and oxygen atoms in total. The average Bonchev–Trinajstić information content (AvgIpc) is 2.82. The van der Waals surface area contributed by atoms with Gasteiger partial charge in [-0.25, -0.2) is 0 Å². The topological polar surface area (TPSA) is 47.7 Å². The molecule has 4 heteroatoms. The van der Waals surface area contributed by atoms with Crippen molar-refractivity contribution in [2.24, 2.45) is 5.73 Å². The number of nitrogens with two attached hydrogens (primary N) is 1. The summed E-state index contributed by atoms with van der Waals surface area (Å²) in [4.78, 5) is 2.31. The van der Waals surface area contributed by atoms with Gasteiger partial charge in [-0.3, -0.25) is 0 Å². The molecule has 1 aromatic carbocycles. The molecule has 1 aromatic rings. The highest BCUT2D eigenvalue weighted by molar-refractivity contribution is 5.45. The van der Waals surface area contributed by atoms with Gasteiger partial charge in [-0.1, -0.05) is 19.9 Å². The first-order chi connectivity index (χ1) is 8.24. The van der Waals surface area contributed by atoms with Crippen molar-refractivity contribution in [1.82, 2.24) is 4.90 Å². The van der Waals surface area contributed by atoms with Crippen LogP contribution in [0, 0.1) is 0 Å². The first kappa shape index (κ1) is 12.2. The van der Waals surface area contributed by atoms with Crippen LogP contribution in [0.4, 0.5) is 0 Å². The molecule has 0 aromatic heterocycles. The molecular formula is C13H20N2O2. The van der Waals surface area contributed by atoms with E-state index in [0.29, 0.717) is 6.79 Å². The zero-order valence-electron chi connectivity index (χ0n) is 10.5. The van der Waals surface area contributed by atoms with E-state index in [1.165, 1.54) is 0 Å². The fourth-order valence-corrected chi connectivity index (χ4v) is 2.01. The van der Waals surface area contributed by atoms with E-state index < -0.39 is 0 Å². The highest BCUT2D eigenvalue weighted by Gasteiger charge is 2.16. The number of hydrogen-bond acceptors (Lipinski definition) is 4. The monoisotopic (exact) mass is 236 g/mol. The fraction of sp³-hybridized carbons (Fsp3) is 0.538. The van der Waals surface area contributed by atoms with Crippen LogP contribution >= 0.6 is 0 Å². The van der Waals surface area contributed by atoms with E-state index in [0.717, 1.165) is 36.7 Å². The molecular weight excluding hydrogens is 216 g/mol. The normalized spacial score (nSPS) is 15.3. The van der Waals surface area contributed by atoms with Crippen LogP contribution in [0.3, 0.4) is 0 Å². The predicted octanol–water partition coefficient (Wildman–Crippen LogP) is 1.76. The Morgan fingerprint density at radius 3 is 2.65 bits per heavy atom. The van der Waals surface area contributed by atoms with E-state index in [-0.39, 0.29) is 6.04 Å². The maximum absolute atomic E-state index is 6.20. The molecule has 0 saturated heterocycles. The average molecular weight is 236 g/mol. The van der Waals surface area contributed by atoms with E-state index in [2.05, 4.69) is 18.7 Å². The highest BCUT2D eigenvalue weighted by Crippen LogP contribution is 2.33. The smallest absolute Gasteiger partial charge is 0.231 e. The minimum Gasteiger partial charge on any atom is -0.454 e. The Kier molecular flexibility index (Phi) is 3.86. The number of hydrogen-bond donors (Lipinski definition) is 1. The van der Waals surface area contributed by atoms with Gasteiger partial charge in [0.05, 0.1) is 0 Å². The number of likely N-dealkylation sites (N-methyl/N-ethyl adjacent to an activating group) is 1. The van der Waals surface area contributed by atoms with Crippen LogP contribution in [0.25, 0.3) is 0 Å². The van der Waals surface area contributed by atoms with Gasteiger partial charge in [-0.05, 0) is 30.8 Å². The molecule has 94 valence electrons. The Bertz CT molecular complexity index is 378. The van der Waals surface area contributed by atoms with Gasteiger partial charge in [0.1, 0.15) is 0 Å². The van der Waals surface area contributed by atoms with Crippen LogP contribution in [-0.2, 0) is 0 Å². The van der Waals surface area contributed by atoms with E-state index in [1.54, 1.807) is 0 Å². The minimum atomic E-state index is 0.0180. The highest BCUT2D eigenvalue weighted by atomic mass is 16.7. The van der Waals surface area contributed by atoms with Crippen molar-refractivity contribution in [3.8, 4) is 11.5 Å². The minimum absolute atomic E-state index is 0.0180. The molecule has 1 unspecified atom stereocenters. The molecule has 0 radical (unpaired) electrons. The molecule has 2 N–H and O–H groups in total. The van der Waals surface area contributed by atoms with Gasteiger partial charge in [-0.15, -0.1) is 0 Å². The molecule has 0 saturated carbocycles. The van der Waals surface area contributed by atoms with Crippen molar-refractivity contribution in [3.63, 3.8) is 0 Å². The number of ether oxygens (including phenoxy) is 2. The third-order valence-electron chi connectivity index (χ3n) is 3.17. The van der Waals surface area contributed by atoms with Crippen molar-refractivity contribution in [1.29, 1.82) is 0 Å². The van der Waals surface area contributed by atoms with E-state index in [1.807, 2.05) is 18.2 Å². The Labute approximate surface area is 102 Å². The number of nitrogens with zero attached hydrogens (tertiary/aromatic N) is 1. The molecule has 0 spiro atoms. The largest absolute Gasteiger partial charge is 0.454 e. The third kappa shape index (κ3) is 2.70. The molecule has 1 heterocycles. The first-order valence-electron chi connectivity index (χ1n) is 6.12. The van der Waals surface area contributed by atoms with Crippen molar-refractivity contribution in [2.45, 2.75) is 19.9 Å². The van der Waals surface area contributed by atoms with Crippen molar-refractivity contribution in [3.05, 3.63) is 23.8 Å². The first-order valence-corrected chi connectivity index (χ1v) is 6.12. The van der Waals surface area contributed by atoms with Crippen molar-refractivity contribution >= 4 is 0 Å². The molecule has 1 atom stereocenters. The lowest BCUT2D eigenvalue weighted by Crippen LogP contribution is -2.31. The van der Waals surface area contributed by atoms with E-state index >= 15 is 0 Å². The lowest BCUT2D eigenvalue weighted by Gasteiger charge is -2.22. The second kappa shape index (κ2) is 5.38. The molecule has 2 rings (SSSR count). The Morgan fingerprint density at radius 2 is 1.94 bits per heavy atom. The predicted molar refractivity (Wildman–Crippen MR) is 67.3 cm³/mol. The lowest BCUT2D eigenvalue weighted by atomic mass is 10.1. The van der Waals surface area contributed by atoms with Gasteiger partial charge in [0, 0.05) is 12.6 Å². The van der Waals surface area contributed by atoms with Gasteiger partial charge in [0.2, 0.25) is 6.79 Å². The molecule has 1 aliphatic heterocycles. The summed E-state index contributed by atoms with van der Waals surface area (Å²) in [5.41, 5.74) is 7.30. The SMILES string of the molecule is CCN(CC)CC(N)c1ccc2c(c1)OCO2. The third-order valence-corrected chi connectivity index (χ3v) is 3.17. The molecule has 17 heavy (non-hydrogen) atoms.